The van der Waals surface area contributed by atoms with Crippen molar-refractivity contribution < 1.29 is 14.7 Å². The van der Waals surface area contributed by atoms with Gasteiger partial charge in [-0.25, -0.2) is 0 Å². The third kappa shape index (κ3) is 5.24. The van der Waals surface area contributed by atoms with Crippen molar-refractivity contribution in [3.05, 3.63) is 30.3 Å². The van der Waals surface area contributed by atoms with E-state index < -0.39 is 5.97 Å². The second kappa shape index (κ2) is 9.25. The number of para-hydroxylation sites is 1. The Morgan fingerprint density at radius 3 is 2.48 bits per heavy atom. The fourth-order valence-corrected chi connectivity index (χ4v) is 4.70. The van der Waals surface area contributed by atoms with Crippen LogP contribution in [0.4, 0.5) is 5.69 Å². The number of rotatable bonds is 7. The molecule has 1 N–H and O–H groups in total. The van der Waals surface area contributed by atoms with Crippen molar-refractivity contribution >= 4 is 17.6 Å². The Balaban J connectivity index is 1.61. The van der Waals surface area contributed by atoms with Gasteiger partial charge in [-0.3, -0.25) is 9.59 Å². The number of carboxylic acid groups (broad SMARTS) is 1. The number of piperidine rings is 1. The molecule has 1 aromatic carbocycles. The first-order valence-corrected chi connectivity index (χ1v) is 10.3. The molecule has 148 valence electrons. The number of aliphatic carboxylic acids is 1. The van der Waals surface area contributed by atoms with E-state index in [9.17, 15) is 14.7 Å². The second-order valence-electron chi connectivity index (χ2n) is 8.22. The van der Waals surface area contributed by atoms with Crippen LogP contribution in [0.15, 0.2) is 30.3 Å². The molecule has 2 aliphatic rings. The van der Waals surface area contributed by atoms with Gasteiger partial charge in [0.25, 0.3) is 0 Å². The molecule has 5 heteroatoms. The lowest BCUT2D eigenvalue weighted by molar-refractivity contribution is -0.141. The van der Waals surface area contributed by atoms with E-state index in [1.54, 1.807) is 0 Å². The lowest BCUT2D eigenvalue weighted by Crippen LogP contribution is -2.46. The molecule has 3 rings (SSSR count). The van der Waals surface area contributed by atoms with E-state index in [0.717, 1.165) is 58.2 Å². The highest BCUT2D eigenvalue weighted by atomic mass is 16.4. The van der Waals surface area contributed by atoms with Crippen molar-refractivity contribution in [1.29, 1.82) is 0 Å². The summed E-state index contributed by atoms with van der Waals surface area (Å²) in [7, 11) is 2.08. The van der Waals surface area contributed by atoms with Gasteiger partial charge in [0.05, 0.1) is 0 Å². The van der Waals surface area contributed by atoms with Gasteiger partial charge in [0, 0.05) is 44.7 Å². The van der Waals surface area contributed by atoms with E-state index >= 15 is 0 Å². The van der Waals surface area contributed by atoms with E-state index in [-0.39, 0.29) is 24.2 Å². The van der Waals surface area contributed by atoms with Crippen LogP contribution in [-0.2, 0) is 9.59 Å². The van der Waals surface area contributed by atoms with Gasteiger partial charge in [-0.15, -0.1) is 0 Å². The maximum absolute atomic E-state index is 12.8. The number of hydrogen-bond acceptors (Lipinski definition) is 3. The number of amides is 1. The molecule has 1 aliphatic heterocycles. The molecule has 0 spiro atoms. The molecule has 0 radical (unpaired) electrons. The summed E-state index contributed by atoms with van der Waals surface area (Å²) in [5.74, 6) is 0.207. The van der Waals surface area contributed by atoms with Crippen molar-refractivity contribution in [2.75, 3.05) is 31.6 Å². The summed E-state index contributed by atoms with van der Waals surface area (Å²) < 4.78 is 0. The standard InChI is InChI=1S/C22H32N2O3/c1-23(20-9-3-2-4-10-20)13-11-19-16-24(14-12-18(19)15-21(25)26)22(27)17-7-5-6-8-17/h2-4,9-10,17-19H,5-8,11-16H2,1H3,(H,25,26). The number of benzene rings is 1. The molecule has 0 bridgehead atoms. The minimum Gasteiger partial charge on any atom is -0.481 e. The molecule has 1 saturated heterocycles. The van der Waals surface area contributed by atoms with E-state index in [0.29, 0.717) is 5.91 Å². The number of carbonyl (C=O) groups is 2. The van der Waals surface area contributed by atoms with Crippen molar-refractivity contribution in [3.63, 3.8) is 0 Å². The highest BCUT2D eigenvalue weighted by Crippen LogP contribution is 2.33. The first-order valence-electron chi connectivity index (χ1n) is 10.3. The van der Waals surface area contributed by atoms with Crippen LogP contribution in [0, 0.1) is 17.8 Å². The Bertz CT molecular complexity index is 628. The van der Waals surface area contributed by atoms with Crippen molar-refractivity contribution in [2.24, 2.45) is 17.8 Å². The monoisotopic (exact) mass is 372 g/mol. The summed E-state index contributed by atoms with van der Waals surface area (Å²) >= 11 is 0. The Kier molecular flexibility index (Phi) is 6.75. The van der Waals surface area contributed by atoms with Gasteiger partial charge in [0.1, 0.15) is 0 Å². The third-order valence-electron chi connectivity index (χ3n) is 6.38. The van der Waals surface area contributed by atoms with Gasteiger partial charge >= 0.3 is 5.97 Å². The summed E-state index contributed by atoms with van der Waals surface area (Å²) in [6, 6.07) is 10.2. The predicted molar refractivity (Wildman–Crippen MR) is 107 cm³/mol. The van der Waals surface area contributed by atoms with Crippen LogP contribution < -0.4 is 4.90 Å². The van der Waals surface area contributed by atoms with Crippen molar-refractivity contribution in [3.8, 4) is 0 Å². The lowest BCUT2D eigenvalue weighted by Gasteiger charge is -2.40. The molecule has 27 heavy (non-hydrogen) atoms. The summed E-state index contributed by atoms with van der Waals surface area (Å²) in [4.78, 5) is 28.4. The first kappa shape index (κ1) is 19.7. The van der Waals surface area contributed by atoms with Crippen LogP contribution >= 0.6 is 0 Å². The van der Waals surface area contributed by atoms with Crippen LogP contribution in [0.2, 0.25) is 0 Å². The van der Waals surface area contributed by atoms with Gasteiger partial charge in [-0.05, 0) is 49.7 Å². The van der Waals surface area contributed by atoms with Crippen LogP contribution in [-0.4, -0.2) is 48.6 Å². The Morgan fingerprint density at radius 2 is 1.81 bits per heavy atom. The molecular weight excluding hydrogens is 340 g/mol. The molecule has 1 amide bonds. The van der Waals surface area contributed by atoms with Crippen LogP contribution in [0.3, 0.4) is 0 Å². The van der Waals surface area contributed by atoms with Crippen molar-refractivity contribution in [1.82, 2.24) is 4.90 Å². The Morgan fingerprint density at radius 1 is 1.11 bits per heavy atom. The zero-order chi connectivity index (χ0) is 19.2. The molecule has 1 saturated carbocycles. The molecular formula is C22H32N2O3. The molecule has 5 nitrogen and oxygen atoms in total. The predicted octanol–water partition coefficient (Wildman–Crippen LogP) is 3.64. The zero-order valence-corrected chi connectivity index (χ0v) is 16.3. The maximum Gasteiger partial charge on any atom is 0.303 e. The number of carbonyl (C=O) groups excluding carboxylic acids is 1. The summed E-state index contributed by atoms with van der Waals surface area (Å²) in [6.07, 6.45) is 6.31. The fourth-order valence-electron chi connectivity index (χ4n) is 4.70. The minimum atomic E-state index is -0.725. The summed E-state index contributed by atoms with van der Waals surface area (Å²) in [6.45, 7) is 2.31. The van der Waals surface area contributed by atoms with Gasteiger partial charge in [-0.1, -0.05) is 31.0 Å². The molecule has 2 atom stereocenters. The highest BCUT2D eigenvalue weighted by Gasteiger charge is 2.35. The second-order valence-corrected chi connectivity index (χ2v) is 8.22. The van der Waals surface area contributed by atoms with Crippen molar-refractivity contribution in [2.45, 2.75) is 44.9 Å². The number of hydrogen-bond donors (Lipinski definition) is 1. The number of anilines is 1. The van der Waals surface area contributed by atoms with Crippen LogP contribution in [0.25, 0.3) is 0 Å². The quantitative estimate of drug-likeness (QED) is 0.794. The summed E-state index contributed by atoms with van der Waals surface area (Å²) in [5, 5.41) is 9.30. The van der Waals surface area contributed by atoms with Gasteiger partial charge < -0.3 is 14.9 Å². The molecule has 1 aliphatic carbocycles. The number of carboxylic acids is 1. The largest absolute Gasteiger partial charge is 0.481 e. The Hall–Kier alpha value is -2.04. The van der Waals surface area contributed by atoms with E-state index in [1.165, 1.54) is 5.69 Å². The van der Waals surface area contributed by atoms with Gasteiger partial charge in [0.2, 0.25) is 5.91 Å². The average molecular weight is 373 g/mol. The molecule has 0 aromatic heterocycles. The number of likely N-dealkylation sites (tertiary alicyclic amines) is 1. The van der Waals surface area contributed by atoms with E-state index in [1.807, 2.05) is 23.1 Å². The first-order chi connectivity index (χ1) is 13.0. The van der Waals surface area contributed by atoms with Gasteiger partial charge in [0.15, 0.2) is 0 Å². The lowest BCUT2D eigenvalue weighted by atomic mass is 9.80. The minimum absolute atomic E-state index is 0.166. The maximum atomic E-state index is 12.8. The zero-order valence-electron chi connectivity index (χ0n) is 16.3. The molecule has 1 heterocycles. The van der Waals surface area contributed by atoms with E-state index in [4.69, 9.17) is 0 Å². The average Bonchev–Trinajstić information content (AvgIpc) is 3.21. The molecule has 2 unspecified atom stereocenters. The van der Waals surface area contributed by atoms with Crippen LogP contribution in [0.5, 0.6) is 0 Å². The van der Waals surface area contributed by atoms with E-state index in [2.05, 4.69) is 24.1 Å². The Labute approximate surface area is 162 Å². The third-order valence-corrected chi connectivity index (χ3v) is 6.38. The topological polar surface area (TPSA) is 60.9 Å². The smallest absolute Gasteiger partial charge is 0.303 e. The summed E-state index contributed by atoms with van der Waals surface area (Å²) in [5.41, 5.74) is 1.17. The molecule has 2 fully saturated rings. The van der Waals surface area contributed by atoms with Gasteiger partial charge in [-0.2, -0.15) is 0 Å². The number of nitrogens with zero attached hydrogens (tertiary/aromatic N) is 2. The molecule has 1 aromatic rings. The highest BCUT2D eigenvalue weighted by molar-refractivity contribution is 5.79. The fraction of sp³-hybridized carbons (Fsp3) is 0.636. The van der Waals surface area contributed by atoms with Crippen LogP contribution in [0.1, 0.15) is 44.9 Å². The normalized spacial score (nSPS) is 23.4. The SMILES string of the molecule is CN(CCC1CN(C(=O)C2CCCC2)CCC1CC(=O)O)c1ccccc1.